The molecule has 1 aromatic carbocycles. The number of aromatic amines is 1. The highest BCUT2D eigenvalue weighted by Gasteiger charge is 2.18. The Hall–Kier alpha value is -2.41. The monoisotopic (exact) mass is 292 g/mol. The average Bonchev–Trinajstić information content (AvgIpc) is 2.49. The second-order valence-electron chi connectivity index (χ2n) is 4.36. The molecule has 0 aliphatic rings. The van der Waals surface area contributed by atoms with Crippen molar-refractivity contribution < 1.29 is 9.13 Å². The van der Waals surface area contributed by atoms with Crippen molar-refractivity contribution in [2.24, 2.45) is 5.73 Å². The van der Waals surface area contributed by atoms with E-state index >= 15 is 0 Å². The number of ether oxygens (including phenoxy) is 1. The summed E-state index contributed by atoms with van der Waals surface area (Å²) in [4.78, 5) is 20.2. The number of methoxy groups -OCH3 is 1. The minimum atomic E-state index is -0.373. The summed E-state index contributed by atoms with van der Waals surface area (Å²) in [6.45, 7) is 1.03. The van der Waals surface area contributed by atoms with Crippen molar-refractivity contribution in [3.8, 4) is 5.75 Å². The van der Waals surface area contributed by atoms with Crippen molar-refractivity contribution >= 4 is 11.5 Å². The molecule has 0 unspecified atom stereocenters. The van der Waals surface area contributed by atoms with E-state index in [0.29, 0.717) is 31.0 Å². The van der Waals surface area contributed by atoms with E-state index in [1.165, 1.54) is 25.6 Å². The summed E-state index contributed by atoms with van der Waals surface area (Å²) >= 11 is 0. The third-order valence-electron chi connectivity index (χ3n) is 2.98. The van der Waals surface area contributed by atoms with Gasteiger partial charge in [-0.05, 0) is 37.2 Å². The maximum Gasteiger partial charge on any atom is 0.295 e. The molecule has 1 aromatic heterocycles. The Morgan fingerprint density at radius 1 is 1.38 bits per heavy atom. The molecule has 0 amide bonds. The van der Waals surface area contributed by atoms with Crippen LogP contribution in [0.1, 0.15) is 6.42 Å². The number of nitrogens with two attached hydrogens (primary N) is 1. The van der Waals surface area contributed by atoms with Gasteiger partial charge in [0, 0.05) is 12.2 Å². The number of aromatic nitrogens is 2. The largest absolute Gasteiger partial charge is 0.488 e. The molecule has 2 aromatic rings. The van der Waals surface area contributed by atoms with Gasteiger partial charge in [-0.25, -0.2) is 9.37 Å². The third-order valence-corrected chi connectivity index (χ3v) is 2.98. The van der Waals surface area contributed by atoms with Crippen molar-refractivity contribution in [3.63, 3.8) is 0 Å². The Kier molecular flexibility index (Phi) is 4.89. The molecule has 6 nitrogen and oxygen atoms in total. The van der Waals surface area contributed by atoms with E-state index in [4.69, 9.17) is 10.5 Å². The fourth-order valence-corrected chi connectivity index (χ4v) is 1.98. The summed E-state index contributed by atoms with van der Waals surface area (Å²) in [5, 5.41) is 0. The number of H-pyrrole nitrogens is 1. The topological polar surface area (TPSA) is 84.2 Å². The number of nitrogens with zero attached hydrogens (tertiary/aromatic N) is 2. The number of anilines is 2. The number of benzene rings is 1. The highest BCUT2D eigenvalue weighted by Crippen LogP contribution is 2.28. The molecule has 0 aliphatic heterocycles. The number of hydrogen-bond donors (Lipinski definition) is 2. The standard InChI is InChI=1S/C14H17FN4O2/c1-21-12-13(17-9-18-14(12)20)19(8-2-7-16)11-5-3-10(15)4-6-11/h3-6,9H,2,7-8,16H2,1H3,(H,17,18,20). The van der Waals surface area contributed by atoms with E-state index in [0.717, 1.165) is 0 Å². The molecule has 2 rings (SSSR count). The lowest BCUT2D eigenvalue weighted by atomic mass is 10.2. The molecule has 1 heterocycles. The lowest BCUT2D eigenvalue weighted by Gasteiger charge is -2.24. The molecule has 3 N–H and O–H groups in total. The Bertz CT molecular complexity index is 642. The summed E-state index contributed by atoms with van der Waals surface area (Å²) in [6, 6.07) is 5.94. The summed E-state index contributed by atoms with van der Waals surface area (Å²) in [5.41, 5.74) is 5.89. The lowest BCUT2D eigenvalue weighted by molar-refractivity contribution is 0.406. The number of rotatable bonds is 6. The van der Waals surface area contributed by atoms with Crippen LogP contribution in [0.3, 0.4) is 0 Å². The van der Waals surface area contributed by atoms with Gasteiger partial charge in [-0.1, -0.05) is 0 Å². The van der Waals surface area contributed by atoms with Crippen LogP contribution in [0.15, 0.2) is 35.4 Å². The van der Waals surface area contributed by atoms with Gasteiger partial charge in [0.25, 0.3) is 5.56 Å². The van der Waals surface area contributed by atoms with E-state index in [1.807, 2.05) is 0 Å². The number of nitrogens with one attached hydrogen (secondary N) is 1. The van der Waals surface area contributed by atoms with Crippen LogP contribution in [0.5, 0.6) is 5.75 Å². The summed E-state index contributed by atoms with van der Waals surface area (Å²) in [5.74, 6) is 0.156. The summed E-state index contributed by atoms with van der Waals surface area (Å²) in [6.07, 6.45) is 1.99. The quantitative estimate of drug-likeness (QED) is 0.841. The van der Waals surface area contributed by atoms with Gasteiger partial charge in [-0.3, -0.25) is 4.79 Å². The first-order valence-electron chi connectivity index (χ1n) is 6.52. The predicted octanol–water partition coefficient (Wildman–Crippen LogP) is 1.40. The van der Waals surface area contributed by atoms with Crippen LogP contribution in [-0.4, -0.2) is 30.2 Å². The van der Waals surface area contributed by atoms with Gasteiger partial charge in [-0.2, -0.15) is 0 Å². The maximum atomic E-state index is 13.1. The lowest BCUT2D eigenvalue weighted by Crippen LogP contribution is -2.25. The van der Waals surface area contributed by atoms with Gasteiger partial charge in [0.1, 0.15) is 5.82 Å². The average molecular weight is 292 g/mol. The van der Waals surface area contributed by atoms with Crippen LogP contribution in [0.25, 0.3) is 0 Å². The Labute approximate surface area is 121 Å². The SMILES string of the molecule is COc1c(N(CCCN)c2ccc(F)cc2)nc[nH]c1=O. The zero-order chi connectivity index (χ0) is 15.2. The molecule has 7 heteroatoms. The first-order chi connectivity index (χ1) is 10.2. The second-order valence-corrected chi connectivity index (χ2v) is 4.36. The normalized spacial score (nSPS) is 10.4. The fourth-order valence-electron chi connectivity index (χ4n) is 1.98. The first-order valence-corrected chi connectivity index (χ1v) is 6.52. The van der Waals surface area contributed by atoms with E-state index in [2.05, 4.69) is 9.97 Å². The van der Waals surface area contributed by atoms with Gasteiger partial charge in [-0.15, -0.1) is 0 Å². The Morgan fingerprint density at radius 3 is 2.71 bits per heavy atom. The van der Waals surface area contributed by atoms with Gasteiger partial charge >= 0.3 is 0 Å². The molecule has 0 spiro atoms. The van der Waals surface area contributed by atoms with Crippen molar-refractivity contribution in [1.82, 2.24) is 9.97 Å². The van der Waals surface area contributed by atoms with Gasteiger partial charge in [0.05, 0.1) is 13.4 Å². The molecule has 0 saturated carbocycles. The third kappa shape index (κ3) is 3.38. The molecule has 112 valence electrons. The highest BCUT2D eigenvalue weighted by atomic mass is 19.1. The second kappa shape index (κ2) is 6.85. The van der Waals surface area contributed by atoms with Crippen LogP contribution < -0.4 is 20.9 Å². The summed E-state index contributed by atoms with van der Waals surface area (Å²) < 4.78 is 18.2. The molecule has 0 radical (unpaired) electrons. The minimum Gasteiger partial charge on any atom is -0.488 e. The van der Waals surface area contributed by atoms with Crippen LogP contribution in [-0.2, 0) is 0 Å². The minimum absolute atomic E-state index is 0.110. The molecule has 0 atom stereocenters. The molecule has 0 bridgehead atoms. The molecule has 21 heavy (non-hydrogen) atoms. The van der Waals surface area contributed by atoms with E-state index in [9.17, 15) is 9.18 Å². The van der Waals surface area contributed by atoms with Crippen LogP contribution in [0.4, 0.5) is 15.9 Å². The maximum absolute atomic E-state index is 13.1. The highest BCUT2D eigenvalue weighted by molar-refractivity contribution is 5.64. The van der Waals surface area contributed by atoms with Crippen molar-refractivity contribution in [2.75, 3.05) is 25.1 Å². The van der Waals surface area contributed by atoms with E-state index in [1.54, 1.807) is 17.0 Å². The first kappa shape index (κ1) is 15.0. The molecule has 0 aliphatic carbocycles. The van der Waals surface area contributed by atoms with E-state index < -0.39 is 0 Å². The molecular weight excluding hydrogens is 275 g/mol. The zero-order valence-corrected chi connectivity index (χ0v) is 11.7. The Morgan fingerprint density at radius 2 is 2.10 bits per heavy atom. The molecule has 0 fully saturated rings. The number of hydrogen-bond acceptors (Lipinski definition) is 5. The zero-order valence-electron chi connectivity index (χ0n) is 11.7. The molecule has 0 saturated heterocycles. The van der Waals surface area contributed by atoms with E-state index in [-0.39, 0.29) is 17.1 Å². The van der Waals surface area contributed by atoms with Gasteiger partial charge in [0.15, 0.2) is 5.82 Å². The van der Waals surface area contributed by atoms with Gasteiger partial charge in [0.2, 0.25) is 5.75 Å². The van der Waals surface area contributed by atoms with Crippen LogP contribution >= 0.6 is 0 Å². The van der Waals surface area contributed by atoms with Crippen molar-refractivity contribution in [1.29, 1.82) is 0 Å². The van der Waals surface area contributed by atoms with Crippen molar-refractivity contribution in [2.45, 2.75) is 6.42 Å². The van der Waals surface area contributed by atoms with Gasteiger partial charge < -0.3 is 20.4 Å². The van der Waals surface area contributed by atoms with Crippen LogP contribution in [0.2, 0.25) is 0 Å². The smallest absolute Gasteiger partial charge is 0.295 e. The van der Waals surface area contributed by atoms with Crippen molar-refractivity contribution in [3.05, 3.63) is 46.8 Å². The molecular formula is C14H17FN4O2. The fraction of sp³-hybridized carbons (Fsp3) is 0.286. The Balaban J connectivity index is 2.47. The van der Waals surface area contributed by atoms with Crippen LogP contribution in [0, 0.1) is 5.82 Å². The number of halogens is 1. The predicted molar refractivity (Wildman–Crippen MR) is 78.5 cm³/mol. The summed E-state index contributed by atoms with van der Waals surface area (Å²) in [7, 11) is 1.40.